The summed E-state index contributed by atoms with van der Waals surface area (Å²) in [6.45, 7) is 7.40. The Hall–Kier alpha value is -2.63. The van der Waals surface area contributed by atoms with Crippen molar-refractivity contribution in [1.82, 2.24) is 15.1 Å². The third kappa shape index (κ3) is 5.10. The molecule has 1 fully saturated rings. The lowest BCUT2D eigenvalue weighted by Gasteiger charge is -2.40. The van der Waals surface area contributed by atoms with E-state index < -0.39 is 5.41 Å². The molecular weight excluding hydrogens is 378 g/mol. The number of benzene rings is 1. The maximum atomic E-state index is 12.8. The van der Waals surface area contributed by atoms with Crippen LogP contribution in [0.4, 0.5) is 0 Å². The Morgan fingerprint density at radius 3 is 2.43 bits per heavy atom. The molecule has 6 heteroatoms. The molecule has 1 aromatic heterocycles. The summed E-state index contributed by atoms with van der Waals surface area (Å²) < 4.78 is 5.44. The minimum absolute atomic E-state index is 0.113. The van der Waals surface area contributed by atoms with E-state index >= 15 is 0 Å². The molecule has 6 nitrogen and oxygen atoms in total. The Labute approximate surface area is 179 Å². The SMILES string of the molecule is CCOC(=O)C1(CCc2ccccc2)CCN(C(=O)CCc2c(C)n[nH]c2C)CC1. The summed E-state index contributed by atoms with van der Waals surface area (Å²) in [6, 6.07) is 10.2. The van der Waals surface area contributed by atoms with Gasteiger partial charge in [-0.2, -0.15) is 5.10 Å². The molecule has 1 aliphatic rings. The van der Waals surface area contributed by atoms with Crippen molar-refractivity contribution in [3.05, 3.63) is 52.8 Å². The average Bonchev–Trinajstić information content (AvgIpc) is 3.09. The van der Waals surface area contributed by atoms with Gasteiger partial charge in [0, 0.05) is 25.2 Å². The maximum Gasteiger partial charge on any atom is 0.312 e. The maximum absolute atomic E-state index is 12.8. The normalized spacial score (nSPS) is 15.8. The third-order valence-electron chi connectivity index (χ3n) is 6.39. The van der Waals surface area contributed by atoms with E-state index in [-0.39, 0.29) is 11.9 Å². The average molecular weight is 412 g/mol. The molecule has 162 valence electrons. The standard InChI is InChI=1S/C24H33N3O3/c1-4-30-23(29)24(13-12-20-8-6-5-7-9-20)14-16-27(17-15-24)22(28)11-10-21-18(2)25-26-19(21)3/h5-9H,4,10-17H2,1-3H3,(H,25,26). The Morgan fingerprint density at radius 2 is 1.83 bits per heavy atom. The summed E-state index contributed by atoms with van der Waals surface area (Å²) in [7, 11) is 0. The van der Waals surface area contributed by atoms with E-state index in [4.69, 9.17) is 4.74 Å². The van der Waals surface area contributed by atoms with Crippen LogP contribution in [0.25, 0.3) is 0 Å². The number of aryl methyl sites for hydroxylation is 3. The van der Waals surface area contributed by atoms with Gasteiger partial charge in [-0.25, -0.2) is 0 Å². The van der Waals surface area contributed by atoms with E-state index in [1.54, 1.807) is 0 Å². The Bertz CT molecular complexity index is 832. The predicted molar refractivity (Wildman–Crippen MR) is 116 cm³/mol. The van der Waals surface area contributed by atoms with Gasteiger partial charge >= 0.3 is 5.97 Å². The number of rotatable bonds is 8. The summed E-state index contributed by atoms with van der Waals surface area (Å²) in [5.41, 5.74) is 3.84. The number of hydrogen-bond acceptors (Lipinski definition) is 4. The van der Waals surface area contributed by atoms with Crippen molar-refractivity contribution < 1.29 is 14.3 Å². The first-order valence-corrected chi connectivity index (χ1v) is 10.9. The van der Waals surface area contributed by atoms with Gasteiger partial charge in [0.05, 0.1) is 17.7 Å². The van der Waals surface area contributed by atoms with E-state index in [9.17, 15) is 9.59 Å². The van der Waals surface area contributed by atoms with Gasteiger partial charge in [0.1, 0.15) is 0 Å². The largest absolute Gasteiger partial charge is 0.466 e. The van der Waals surface area contributed by atoms with Gasteiger partial charge < -0.3 is 9.64 Å². The van der Waals surface area contributed by atoms with Crippen LogP contribution in [0.5, 0.6) is 0 Å². The fourth-order valence-electron chi connectivity index (χ4n) is 4.39. The summed E-state index contributed by atoms with van der Waals surface area (Å²) in [5, 5.41) is 7.18. The quantitative estimate of drug-likeness (QED) is 0.671. The number of nitrogens with zero attached hydrogens (tertiary/aromatic N) is 2. The molecule has 2 heterocycles. The number of carbonyl (C=O) groups excluding carboxylic acids is 2. The lowest BCUT2D eigenvalue weighted by Crippen LogP contribution is -2.47. The second kappa shape index (κ2) is 9.92. The van der Waals surface area contributed by atoms with Crippen LogP contribution in [0, 0.1) is 19.3 Å². The summed E-state index contributed by atoms with van der Waals surface area (Å²) in [5.74, 6) is 0.0354. The van der Waals surface area contributed by atoms with Crippen LogP contribution in [0.2, 0.25) is 0 Å². The van der Waals surface area contributed by atoms with Crippen molar-refractivity contribution in [2.75, 3.05) is 19.7 Å². The van der Waals surface area contributed by atoms with E-state index in [0.29, 0.717) is 45.4 Å². The fraction of sp³-hybridized carbons (Fsp3) is 0.542. The van der Waals surface area contributed by atoms with Crippen LogP contribution >= 0.6 is 0 Å². The lowest BCUT2D eigenvalue weighted by molar-refractivity contribution is -0.160. The number of aromatic nitrogens is 2. The van der Waals surface area contributed by atoms with E-state index in [0.717, 1.165) is 29.8 Å². The van der Waals surface area contributed by atoms with Gasteiger partial charge in [-0.3, -0.25) is 14.7 Å². The molecule has 0 bridgehead atoms. The highest BCUT2D eigenvalue weighted by Gasteiger charge is 2.43. The molecule has 3 rings (SSSR count). The molecule has 1 amide bonds. The second-order valence-electron chi connectivity index (χ2n) is 8.28. The minimum Gasteiger partial charge on any atom is -0.466 e. The third-order valence-corrected chi connectivity index (χ3v) is 6.39. The second-order valence-corrected chi connectivity index (χ2v) is 8.28. The number of piperidine rings is 1. The van der Waals surface area contributed by atoms with Crippen molar-refractivity contribution in [2.24, 2.45) is 5.41 Å². The molecule has 1 aliphatic heterocycles. The summed E-state index contributed by atoms with van der Waals surface area (Å²) >= 11 is 0. The zero-order valence-corrected chi connectivity index (χ0v) is 18.4. The highest BCUT2D eigenvalue weighted by atomic mass is 16.5. The van der Waals surface area contributed by atoms with Crippen LogP contribution in [0.15, 0.2) is 30.3 Å². The van der Waals surface area contributed by atoms with Gasteiger partial charge in [-0.1, -0.05) is 30.3 Å². The molecule has 2 aromatic rings. The van der Waals surface area contributed by atoms with Gasteiger partial charge in [-0.05, 0) is 64.0 Å². The van der Waals surface area contributed by atoms with Crippen LogP contribution in [0.3, 0.4) is 0 Å². The van der Waals surface area contributed by atoms with Crippen molar-refractivity contribution in [3.63, 3.8) is 0 Å². The molecule has 0 unspecified atom stereocenters. The first-order chi connectivity index (χ1) is 14.4. The molecule has 1 saturated heterocycles. The minimum atomic E-state index is -0.500. The number of likely N-dealkylation sites (tertiary alicyclic amines) is 1. The van der Waals surface area contributed by atoms with Crippen molar-refractivity contribution in [2.45, 2.75) is 59.3 Å². The van der Waals surface area contributed by atoms with Gasteiger partial charge in [-0.15, -0.1) is 0 Å². The van der Waals surface area contributed by atoms with Crippen LogP contribution in [-0.2, 0) is 27.2 Å². The van der Waals surface area contributed by atoms with Crippen LogP contribution in [-0.4, -0.2) is 46.7 Å². The molecule has 1 N–H and O–H groups in total. The lowest BCUT2D eigenvalue weighted by atomic mass is 9.74. The number of carbonyl (C=O) groups is 2. The van der Waals surface area contributed by atoms with Crippen LogP contribution in [0.1, 0.15) is 55.1 Å². The first-order valence-electron chi connectivity index (χ1n) is 10.9. The fourth-order valence-corrected chi connectivity index (χ4v) is 4.39. The van der Waals surface area contributed by atoms with E-state index in [2.05, 4.69) is 22.3 Å². The highest BCUT2D eigenvalue weighted by molar-refractivity contribution is 5.79. The van der Waals surface area contributed by atoms with E-state index in [1.807, 2.05) is 43.9 Å². The van der Waals surface area contributed by atoms with Crippen molar-refractivity contribution in [3.8, 4) is 0 Å². The molecule has 1 aromatic carbocycles. The van der Waals surface area contributed by atoms with Crippen molar-refractivity contribution in [1.29, 1.82) is 0 Å². The zero-order valence-electron chi connectivity index (χ0n) is 18.4. The molecular formula is C24H33N3O3. The Morgan fingerprint density at radius 1 is 1.13 bits per heavy atom. The number of H-pyrrole nitrogens is 1. The number of nitrogens with one attached hydrogen (secondary N) is 1. The van der Waals surface area contributed by atoms with Gasteiger partial charge in [0.25, 0.3) is 0 Å². The molecule has 0 saturated carbocycles. The van der Waals surface area contributed by atoms with Crippen LogP contribution < -0.4 is 0 Å². The number of aromatic amines is 1. The van der Waals surface area contributed by atoms with Gasteiger partial charge in [0.15, 0.2) is 0 Å². The number of amides is 1. The molecule has 0 spiro atoms. The Kier molecular flexibility index (Phi) is 7.29. The molecule has 30 heavy (non-hydrogen) atoms. The Balaban J connectivity index is 1.59. The summed E-state index contributed by atoms with van der Waals surface area (Å²) in [4.78, 5) is 27.5. The highest BCUT2D eigenvalue weighted by Crippen LogP contribution is 2.38. The predicted octanol–water partition coefficient (Wildman–Crippen LogP) is 3.76. The smallest absolute Gasteiger partial charge is 0.312 e. The number of ether oxygens (including phenoxy) is 1. The first kappa shape index (κ1) is 22.1. The topological polar surface area (TPSA) is 75.3 Å². The van der Waals surface area contributed by atoms with E-state index in [1.165, 1.54) is 5.56 Å². The molecule has 0 aliphatic carbocycles. The van der Waals surface area contributed by atoms with Gasteiger partial charge in [0.2, 0.25) is 5.91 Å². The summed E-state index contributed by atoms with van der Waals surface area (Å²) in [6.07, 6.45) is 4.08. The molecule has 0 radical (unpaired) electrons. The number of hydrogen-bond donors (Lipinski definition) is 1. The van der Waals surface area contributed by atoms with Crippen molar-refractivity contribution >= 4 is 11.9 Å². The molecule has 0 atom stereocenters. The monoisotopic (exact) mass is 411 g/mol. The number of esters is 1. The zero-order chi connectivity index (χ0) is 21.6.